The molecule has 4 aromatic rings. The van der Waals surface area contributed by atoms with Gasteiger partial charge in [0.15, 0.2) is 0 Å². The summed E-state index contributed by atoms with van der Waals surface area (Å²) in [5, 5.41) is 10.2. The number of nitrogens with zero attached hydrogens (tertiary/aromatic N) is 1. The molecule has 0 aliphatic heterocycles. The Bertz CT molecular complexity index is 1150. The number of hydrogen-bond donors (Lipinski definition) is 1. The normalized spacial score (nSPS) is 10.7. The van der Waals surface area contributed by atoms with E-state index in [9.17, 15) is 9.90 Å². The monoisotopic (exact) mass is 417 g/mol. The van der Waals surface area contributed by atoms with E-state index in [2.05, 4.69) is 0 Å². The Balaban J connectivity index is 1.53. The van der Waals surface area contributed by atoms with Crippen molar-refractivity contribution < 1.29 is 14.6 Å². The van der Waals surface area contributed by atoms with E-state index in [0.717, 1.165) is 28.0 Å². The van der Waals surface area contributed by atoms with Crippen molar-refractivity contribution in [3.05, 3.63) is 113 Å². The summed E-state index contributed by atoms with van der Waals surface area (Å²) >= 11 is 6.25. The summed E-state index contributed by atoms with van der Waals surface area (Å²) in [6.45, 7) is 0.886. The largest absolute Gasteiger partial charge is 0.489 e. The molecule has 1 heterocycles. The Kier molecular flexibility index (Phi) is 5.87. The molecule has 0 unspecified atom stereocenters. The molecule has 4 rings (SSSR count). The highest BCUT2D eigenvalue weighted by Gasteiger charge is 2.15. The van der Waals surface area contributed by atoms with Gasteiger partial charge in [0, 0.05) is 23.3 Å². The molecule has 0 aliphatic carbocycles. The van der Waals surface area contributed by atoms with Gasteiger partial charge in [0.1, 0.15) is 18.1 Å². The second-order valence-corrected chi connectivity index (χ2v) is 7.34. The smallest absolute Gasteiger partial charge is 0.352 e. The molecule has 0 bridgehead atoms. The summed E-state index contributed by atoms with van der Waals surface area (Å²) < 4.78 is 7.54. The van der Waals surface area contributed by atoms with Crippen LogP contribution in [0.4, 0.5) is 0 Å². The van der Waals surface area contributed by atoms with E-state index < -0.39 is 5.97 Å². The number of benzene rings is 3. The molecular formula is C25H20ClNO3. The summed E-state index contributed by atoms with van der Waals surface area (Å²) in [6, 6.07) is 26.7. The summed E-state index contributed by atoms with van der Waals surface area (Å²) in [6.07, 6.45) is 1.84. The molecule has 0 fully saturated rings. The van der Waals surface area contributed by atoms with Gasteiger partial charge in [-0.15, -0.1) is 0 Å². The second kappa shape index (κ2) is 8.89. The van der Waals surface area contributed by atoms with Crippen LogP contribution in [0, 0.1) is 0 Å². The number of ether oxygens (including phenoxy) is 1. The van der Waals surface area contributed by atoms with Gasteiger partial charge in [0.25, 0.3) is 0 Å². The van der Waals surface area contributed by atoms with Crippen LogP contribution in [0.3, 0.4) is 0 Å². The minimum absolute atomic E-state index is 0.217. The lowest BCUT2D eigenvalue weighted by atomic mass is 10.1. The first-order chi connectivity index (χ1) is 14.6. The average molecular weight is 418 g/mol. The third-order valence-electron chi connectivity index (χ3n) is 4.85. The minimum atomic E-state index is -0.976. The molecule has 30 heavy (non-hydrogen) atoms. The molecule has 3 aromatic carbocycles. The minimum Gasteiger partial charge on any atom is -0.489 e. The van der Waals surface area contributed by atoms with Crippen LogP contribution in [0.15, 0.2) is 91.1 Å². The third-order valence-corrected chi connectivity index (χ3v) is 5.22. The third kappa shape index (κ3) is 4.56. The first-order valence-electron chi connectivity index (χ1n) is 9.54. The number of rotatable bonds is 7. The number of hydrogen-bond acceptors (Lipinski definition) is 2. The van der Waals surface area contributed by atoms with Gasteiger partial charge < -0.3 is 14.4 Å². The van der Waals surface area contributed by atoms with Crippen LogP contribution in [-0.2, 0) is 13.2 Å². The Morgan fingerprint density at radius 3 is 2.30 bits per heavy atom. The summed E-state index contributed by atoms with van der Waals surface area (Å²) in [7, 11) is 0. The van der Waals surface area contributed by atoms with E-state index in [1.807, 2.05) is 79.0 Å². The summed E-state index contributed by atoms with van der Waals surface area (Å²) in [5.74, 6) is -0.215. The average Bonchev–Trinajstić information content (AvgIpc) is 3.19. The maximum atomic E-state index is 11.7. The number of aromatic nitrogens is 1. The van der Waals surface area contributed by atoms with E-state index in [1.165, 1.54) is 0 Å². The van der Waals surface area contributed by atoms with E-state index >= 15 is 0 Å². The highest BCUT2D eigenvalue weighted by Crippen LogP contribution is 2.27. The summed E-state index contributed by atoms with van der Waals surface area (Å²) in [5.41, 5.74) is 3.93. The molecule has 0 radical (unpaired) electrons. The van der Waals surface area contributed by atoms with Crippen LogP contribution in [0.1, 0.15) is 21.6 Å². The SMILES string of the molecule is O=C(O)c1cc(-c2ccc(OCc3ccccc3)cc2)cn1Cc1ccccc1Cl. The van der Waals surface area contributed by atoms with Crippen LogP contribution in [-0.4, -0.2) is 15.6 Å². The fraction of sp³-hybridized carbons (Fsp3) is 0.0800. The van der Waals surface area contributed by atoms with Crippen molar-refractivity contribution >= 4 is 17.6 Å². The zero-order chi connectivity index (χ0) is 20.9. The van der Waals surface area contributed by atoms with Gasteiger partial charge in [-0.2, -0.15) is 0 Å². The van der Waals surface area contributed by atoms with Gasteiger partial charge >= 0.3 is 5.97 Å². The van der Waals surface area contributed by atoms with E-state index in [0.29, 0.717) is 18.2 Å². The van der Waals surface area contributed by atoms with Crippen molar-refractivity contribution in [3.63, 3.8) is 0 Å². The van der Waals surface area contributed by atoms with Crippen molar-refractivity contribution in [2.75, 3.05) is 0 Å². The van der Waals surface area contributed by atoms with Crippen LogP contribution >= 0.6 is 11.6 Å². The molecule has 1 aromatic heterocycles. The summed E-state index contributed by atoms with van der Waals surface area (Å²) in [4.78, 5) is 11.7. The maximum Gasteiger partial charge on any atom is 0.352 e. The first-order valence-corrected chi connectivity index (χ1v) is 9.92. The topological polar surface area (TPSA) is 51.5 Å². The molecule has 0 saturated carbocycles. The first kappa shape index (κ1) is 19.8. The Morgan fingerprint density at radius 2 is 1.60 bits per heavy atom. The molecule has 0 amide bonds. The zero-order valence-corrected chi connectivity index (χ0v) is 16.9. The van der Waals surface area contributed by atoms with E-state index in [4.69, 9.17) is 16.3 Å². The Morgan fingerprint density at radius 1 is 0.900 bits per heavy atom. The fourth-order valence-electron chi connectivity index (χ4n) is 3.27. The predicted molar refractivity (Wildman–Crippen MR) is 118 cm³/mol. The highest BCUT2D eigenvalue weighted by molar-refractivity contribution is 6.31. The lowest BCUT2D eigenvalue weighted by Gasteiger charge is -2.08. The van der Waals surface area contributed by atoms with Crippen molar-refractivity contribution in [3.8, 4) is 16.9 Å². The molecular weight excluding hydrogens is 398 g/mol. The molecule has 0 aliphatic rings. The molecule has 1 N–H and O–H groups in total. The zero-order valence-electron chi connectivity index (χ0n) is 16.2. The molecule has 0 spiro atoms. The van der Waals surface area contributed by atoms with Crippen LogP contribution < -0.4 is 4.74 Å². The highest BCUT2D eigenvalue weighted by atomic mass is 35.5. The van der Waals surface area contributed by atoms with Crippen LogP contribution in [0.5, 0.6) is 5.75 Å². The molecule has 150 valence electrons. The van der Waals surface area contributed by atoms with Gasteiger partial charge in [-0.25, -0.2) is 4.79 Å². The van der Waals surface area contributed by atoms with E-state index in [-0.39, 0.29) is 5.69 Å². The maximum absolute atomic E-state index is 11.7. The second-order valence-electron chi connectivity index (χ2n) is 6.94. The molecule has 0 saturated heterocycles. The lowest BCUT2D eigenvalue weighted by Crippen LogP contribution is -2.08. The number of carboxylic acid groups (broad SMARTS) is 1. The van der Waals surface area contributed by atoms with Crippen LogP contribution in [0.2, 0.25) is 5.02 Å². The van der Waals surface area contributed by atoms with E-state index in [1.54, 1.807) is 16.7 Å². The predicted octanol–water partition coefficient (Wildman–Crippen LogP) is 6.13. The van der Waals surface area contributed by atoms with Gasteiger partial charge in [-0.3, -0.25) is 0 Å². The van der Waals surface area contributed by atoms with Gasteiger partial charge in [0.2, 0.25) is 0 Å². The van der Waals surface area contributed by atoms with Crippen molar-refractivity contribution in [2.24, 2.45) is 0 Å². The Labute approximate surface area is 179 Å². The van der Waals surface area contributed by atoms with Crippen molar-refractivity contribution in [1.29, 1.82) is 0 Å². The number of carbonyl (C=O) groups is 1. The molecule has 4 nitrogen and oxygen atoms in total. The Hall–Kier alpha value is -3.50. The number of halogens is 1. The molecule has 0 atom stereocenters. The quantitative estimate of drug-likeness (QED) is 0.393. The van der Waals surface area contributed by atoms with Gasteiger partial charge in [0.05, 0.1) is 0 Å². The van der Waals surface area contributed by atoms with Crippen molar-refractivity contribution in [1.82, 2.24) is 4.57 Å². The lowest BCUT2D eigenvalue weighted by molar-refractivity contribution is 0.0685. The molecule has 5 heteroatoms. The number of carboxylic acids is 1. The number of aromatic carboxylic acids is 1. The van der Waals surface area contributed by atoms with Crippen LogP contribution in [0.25, 0.3) is 11.1 Å². The van der Waals surface area contributed by atoms with Crippen molar-refractivity contribution in [2.45, 2.75) is 13.2 Å². The fourth-order valence-corrected chi connectivity index (χ4v) is 3.47. The van der Waals surface area contributed by atoms with Gasteiger partial charge in [-0.1, -0.05) is 72.3 Å². The van der Waals surface area contributed by atoms with Gasteiger partial charge in [-0.05, 0) is 41.0 Å². The standard InChI is InChI=1S/C25H20ClNO3/c26-23-9-5-4-8-20(23)15-27-16-21(14-24(27)25(28)29)19-10-12-22(13-11-19)30-17-18-6-2-1-3-7-18/h1-14,16H,15,17H2,(H,28,29).